The molecule has 1 aliphatic heterocycles. The molecule has 3 rings (SSSR count). The molecule has 2 aromatic rings. The van der Waals surface area contributed by atoms with Crippen molar-refractivity contribution in [2.45, 2.75) is 51.2 Å². The molecular formula is C15H22N6O. The maximum Gasteiger partial charge on any atom is 0.224 e. The van der Waals surface area contributed by atoms with Crippen LogP contribution in [0.2, 0.25) is 0 Å². The molecule has 1 amide bonds. The number of carbonyl (C=O) groups excluding carboxylic acids is 1. The Kier molecular flexibility index (Phi) is 4.82. The monoisotopic (exact) mass is 302 g/mol. The van der Waals surface area contributed by atoms with Crippen LogP contribution < -0.4 is 0 Å². The van der Waals surface area contributed by atoms with Gasteiger partial charge < -0.3 is 4.90 Å². The molecule has 118 valence electrons. The Hall–Kier alpha value is -2.18. The second-order valence-electron chi connectivity index (χ2n) is 5.70. The average molecular weight is 302 g/mol. The van der Waals surface area contributed by atoms with Gasteiger partial charge in [-0.1, -0.05) is 0 Å². The highest BCUT2D eigenvalue weighted by Crippen LogP contribution is 2.21. The fraction of sp³-hybridized carbons (Fsp3) is 0.600. The van der Waals surface area contributed by atoms with Gasteiger partial charge in [-0.05, 0) is 31.7 Å². The third-order valence-corrected chi connectivity index (χ3v) is 4.22. The molecule has 1 atom stereocenters. The second-order valence-corrected chi connectivity index (χ2v) is 5.70. The van der Waals surface area contributed by atoms with E-state index in [0.717, 1.165) is 32.4 Å². The zero-order valence-corrected chi connectivity index (χ0v) is 12.7. The zero-order chi connectivity index (χ0) is 15.2. The Morgan fingerprint density at radius 3 is 2.91 bits per heavy atom. The van der Waals surface area contributed by atoms with Gasteiger partial charge in [-0.3, -0.25) is 14.2 Å². The van der Waals surface area contributed by atoms with E-state index in [0.29, 0.717) is 19.0 Å². The fourth-order valence-electron chi connectivity index (χ4n) is 3.05. The van der Waals surface area contributed by atoms with E-state index in [1.165, 1.54) is 12.7 Å². The lowest BCUT2D eigenvalue weighted by Crippen LogP contribution is -2.44. The number of rotatable bonds is 6. The summed E-state index contributed by atoms with van der Waals surface area (Å²) in [5, 5.41) is 8.28. The van der Waals surface area contributed by atoms with E-state index < -0.39 is 0 Å². The summed E-state index contributed by atoms with van der Waals surface area (Å²) < 4.78 is 3.65. The Morgan fingerprint density at radius 2 is 2.14 bits per heavy atom. The van der Waals surface area contributed by atoms with Crippen molar-refractivity contribution in [2.75, 3.05) is 6.54 Å². The van der Waals surface area contributed by atoms with Crippen LogP contribution in [0.5, 0.6) is 0 Å². The molecule has 0 radical (unpaired) electrons. The van der Waals surface area contributed by atoms with E-state index in [9.17, 15) is 4.79 Å². The van der Waals surface area contributed by atoms with Gasteiger partial charge in [0.2, 0.25) is 5.91 Å². The van der Waals surface area contributed by atoms with E-state index in [1.807, 2.05) is 16.9 Å². The number of amides is 1. The molecule has 0 saturated carbocycles. The van der Waals surface area contributed by atoms with Gasteiger partial charge >= 0.3 is 0 Å². The number of piperidine rings is 1. The van der Waals surface area contributed by atoms with Crippen LogP contribution in [0.15, 0.2) is 31.1 Å². The molecule has 2 aromatic heterocycles. The number of aryl methyl sites for hydroxylation is 2. The van der Waals surface area contributed by atoms with E-state index in [1.54, 1.807) is 17.2 Å². The molecule has 0 spiro atoms. The summed E-state index contributed by atoms with van der Waals surface area (Å²) in [5.41, 5.74) is 0. The van der Waals surface area contributed by atoms with Crippen LogP contribution in [0.3, 0.4) is 0 Å². The third kappa shape index (κ3) is 3.72. The van der Waals surface area contributed by atoms with Gasteiger partial charge in [-0.25, -0.2) is 4.98 Å². The largest absolute Gasteiger partial charge is 0.340 e. The van der Waals surface area contributed by atoms with Gasteiger partial charge in [-0.15, -0.1) is 0 Å². The number of carbonyl (C=O) groups is 1. The molecule has 7 heteroatoms. The van der Waals surface area contributed by atoms with E-state index in [2.05, 4.69) is 20.1 Å². The van der Waals surface area contributed by atoms with Gasteiger partial charge in [-0.2, -0.15) is 10.2 Å². The lowest BCUT2D eigenvalue weighted by molar-refractivity contribution is -0.135. The Labute approximate surface area is 129 Å². The van der Waals surface area contributed by atoms with Gasteiger partial charge in [0, 0.05) is 37.9 Å². The minimum Gasteiger partial charge on any atom is -0.340 e. The minimum absolute atomic E-state index is 0.223. The van der Waals surface area contributed by atoms with Crippen molar-refractivity contribution >= 4 is 5.91 Å². The summed E-state index contributed by atoms with van der Waals surface area (Å²) in [5.74, 6) is 0.223. The molecule has 1 unspecified atom stereocenters. The molecular weight excluding hydrogens is 280 g/mol. The highest BCUT2D eigenvalue weighted by atomic mass is 16.2. The summed E-state index contributed by atoms with van der Waals surface area (Å²) in [7, 11) is 0. The molecule has 0 bridgehead atoms. The third-order valence-electron chi connectivity index (χ3n) is 4.22. The molecule has 1 saturated heterocycles. The van der Waals surface area contributed by atoms with Gasteiger partial charge in [0.25, 0.3) is 0 Å². The number of nitrogens with zero attached hydrogens (tertiary/aromatic N) is 6. The van der Waals surface area contributed by atoms with Crippen LogP contribution in [-0.4, -0.2) is 47.9 Å². The first-order chi connectivity index (χ1) is 10.8. The van der Waals surface area contributed by atoms with Crippen LogP contribution in [0.1, 0.15) is 32.1 Å². The van der Waals surface area contributed by atoms with Gasteiger partial charge in [0.1, 0.15) is 12.7 Å². The quantitative estimate of drug-likeness (QED) is 0.807. The van der Waals surface area contributed by atoms with Crippen molar-refractivity contribution in [3.05, 3.63) is 31.1 Å². The predicted molar refractivity (Wildman–Crippen MR) is 80.8 cm³/mol. The van der Waals surface area contributed by atoms with Crippen LogP contribution in [-0.2, 0) is 17.9 Å². The molecule has 22 heavy (non-hydrogen) atoms. The van der Waals surface area contributed by atoms with Crippen LogP contribution in [0.4, 0.5) is 0 Å². The zero-order valence-electron chi connectivity index (χ0n) is 12.7. The van der Waals surface area contributed by atoms with Crippen LogP contribution in [0, 0.1) is 0 Å². The van der Waals surface area contributed by atoms with E-state index >= 15 is 0 Å². The molecule has 0 N–H and O–H groups in total. The predicted octanol–water partition coefficient (Wildman–Crippen LogP) is 1.34. The molecule has 3 heterocycles. The Morgan fingerprint density at radius 1 is 1.18 bits per heavy atom. The number of hydrogen-bond acceptors (Lipinski definition) is 4. The average Bonchev–Trinajstić information content (AvgIpc) is 3.24. The Balaban J connectivity index is 1.53. The van der Waals surface area contributed by atoms with Crippen molar-refractivity contribution in [2.24, 2.45) is 0 Å². The molecule has 1 aliphatic rings. The highest BCUT2D eigenvalue weighted by molar-refractivity contribution is 5.76. The maximum atomic E-state index is 12.5. The first-order valence-electron chi connectivity index (χ1n) is 7.92. The Bertz CT molecular complexity index is 565. The van der Waals surface area contributed by atoms with Crippen molar-refractivity contribution in [1.82, 2.24) is 29.4 Å². The lowest BCUT2D eigenvalue weighted by atomic mass is 9.99. The smallest absolute Gasteiger partial charge is 0.224 e. The topological polar surface area (TPSA) is 68.8 Å². The van der Waals surface area contributed by atoms with Gasteiger partial charge in [0.05, 0.1) is 6.54 Å². The van der Waals surface area contributed by atoms with Crippen LogP contribution >= 0.6 is 0 Å². The van der Waals surface area contributed by atoms with Crippen molar-refractivity contribution in [1.29, 1.82) is 0 Å². The highest BCUT2D eigenvalue weighted by Gasteiger charge is 2.26. The second kappa shape index (κ2) is 7.20. The van der Waals surface area contributed by atoms with Crippen molar-refractivity contribution < 1.29 is 4.79 Å². The van der Waals surface area contributed by atoms with Crippen molar-refractivity contribution in [3.63, 3.8) is 0 Å². The molecule has 7 nitrogen and oxygen atoms in total. The maximum absolute atomic E-state index is 12.5. The summed E-state index contributed by atoms with van der Waals surface area (Å²) in [4.78, 5) is 18.5. The molecule has 0 aromatic carbocycles. The fourth-order valence-corrected chi connectivity index (χ4v) is 3.05. The molecule has 0 aliphatic carbocycles. The van der Waals surface area contributed by atoms with Crippen LogP contribution in [0.25, 0.3) is 0 Å². The summed E-state index contributed by atoms with van der Waals surface area (Å²) in [6.07, 6.45) is 11.8. The number of aromatic nitrogens is 5. The van der Waals surface area contributed by atoms with E-state index in [4.69, 9.17) is 0 Å². The van der Waals surface area contributed by atoms with Gasteiger partial charge in [0.15, 0.2) is 0 Å². The van der Waals surface area contributed by atoms with Crippen molar-refractivity contribution in [3.8, 4) is 0 Å². The summed E-state index contributed by atoms with van der Waals surface area (Å²) in [6, 6.07) is 2.27. The summed E-state index contributed by atoms with van der Waals surface area (Å²) >= 11 is 0. The molecule has 1 fully saturated rings. The standard InChI is InChI=1S/C15H22N6O/c22-15(6-11-20-13-16-12-18-20)21-9-2-1-4-14(21)5-10-19-8-3-7-17-19/h3,7-8,12-14H,1-2,4-6,9-11H2. The summed E-state index contributed by atoms with van der Waals surface area (Å²) in [6.45, 7) is 2.34. The first kappa shape index (κ1) is 14.7. The normalized spacial score (nSPS) is 18.5. The SMILES string of the molecule is O=C(CCn1cncn1)N1CCCCC1CCn1cccn1. The number of likely N-dealkylation sites (tertiary alicyclic amines) is 1. The first-order valence-corrected chi connectivity index (χ1v) is 7.92. The lowest BCUT2D eigenvalue weighted by Gasteiger charge is -2.36. The van der Waals surface area contributed by atoms with E-state index in [-0.39, 0.29) is 5.91 Å². The number of hydrogen-bond donors (Lipinski definition) is 0. The minimum atomic E-state index is 0.223.